The third-order valence-corrected chi connectivity index (χ3v) is 5.22. The van der Waals surface area contributed by atoms with Crippen molar-refractivity contribution in [2.45, 2.75) is 57.5 Å². The lowest BCUT2D eigenvalue weighted by Crippen LogP contribution is -2.41. The van der Waals surface area contributed by atoms with Crippen molar-refractivity contribution in [3.8, 4) is 11.3 Å². The van der Waals surface area contributed by atoms with E-state index in [0.717, 1.165) is 0 Å². The molecule has 0 saturated carbocycles. The molecule has 1 aromatic carbocycles. The van der Waals surface area contributed by atoms with Crippen LogP contribution in [0, 0.1) is 0 Å². The first-order chi connectivity index (χ1) is 15.1. The van der Waals surface area contributed by atoms with Gasteiger partial charge in [0.2, 0.25) is 0 Å². The Bertz CT molecular complexity index is 971. The molecule has 1 saturated heterocycles. The van der Waals surface area contributed by atoms with Crippen LogP contribution in [-0.4, -0.2) is 34.7 Å². The van der Waals surface area contributed by atoms with Gasteiger partial charge in [0, 0.05) is 30.3 Å². The molecule has 180 valence electrons. The highest BCUT2D eigenvalue weighted by Crippen LogP contribution is 2.38. The van der Waals surface area contributed by atoms with Gasteiger partial charge in [-0.2, -0.15) is 26.3 Å². The fraction of sp³-hybridized carbons (Fsp3) is 0.478. The molecule has 1 amide bonds. The van der Waals surface area contributed by atoms with E-state index < -0.39 is 35.2 Å². The maximum absolute atomic E-state index is 13.2. The van der Waals surface area contributed by atoms with Gasteiger partial charge in [0.15, 0.2) is 0 Å². The van der Waals surface area contributed by atoms with Crippen LogP contribution in [0.15, 0.2) is 36.4 Å². The highest BCUT2D eigenvalue weighted by Gasteiger charge is 2.37. The van der Waals surface area contributed by atoms with E-state index in [1.54, 1.807) is 37.8 Å². The van der Waals surface area contributed by atoms with Crippen molar-refractivity contribution < 1.29 is 35.9 Å². The predicted octanol–water partition coefficient (Wildman–Crippen LogP) is 6.90. The normalized spacial score (nSPS) is 16.1. The van der Waals surface area contributed by atoms with E-state index >= 15 is 0 Å². The molecule has 10 heteroatoms. The fourth-order valence-electron chi connectivity index (χ4n) is 3.63. The molecule has 0 unspecified atom stereocenters. The molecule has 1 aliphatic rings. The summed E-state index contributed by atoms with van der Waals surface area (Å²) < 4.78 is 84.5. The largest absolute Gasteiger partial charge is 0.444 e. The van der Waals surface area contributed by atoms with Gasteiger partial charge in [-0.25, -0.2) is 4.79 Å². The number of ether oxygens (including phenoxy) is 1. The van der Waals surface area contributed by atoms with Gasteiger partial charge in [-0.3, -0.25) is 4.98 Å². The van der Waals surface area contributed by atoms with Gasteiger partial charge in [-0.1, -0.05) is 6.07 Å². The lowest BCUT2D eigenvalue weighted by Gasteiger charge is -2.33. The molecule has 2 heterocycles. The number of halogens is 6. The van der Waals surface area contributed by atoms with Crippen LogP contribution in [0.3, 0.4) is 0 Å². The van der Waals surface area contributed by atoms with Crippen LogP contribution >= 0.6 is 0 Å². The number of carbonyl (C=O) groups is 1. The van der Waals surface area contributed by atoms with Gasteiger partial charge in [-0.05, 0) is 63.9 Å². The zero-order valence-electron chi connectivity index (χ0n) is 18.3. The van der Waals surface area contributed by atoms with Crippen molar-refractivity contribution in [3.05, 3.63) is 53.2 Å². The molecular formula is C23H24F6N2O2. The number of piperidine rings is 1. The van der Waals surface area contributed by atoms with Crippen molar-refractivity contribution in [2.24, 2.45) is 0 Å². The molecule has 2 aromatic rings. The Labute approximate surface area is 187 Å². The third kappa shape index (κ3) is 6.39. The minimum Gasteiger partial charge on any atom is -0.444 e. The van der Waals surface area contributed by atoms with E-state index in [-0.39, 0.29) is 23.2 Å². The van der Waals surface area contributed by atoms with E-state index in [9.17, 15) is 31.1 Å². The summed E-state index contributed by atoms with van der Waals surface area (Å²) in [6.45, 7) is 6.13. The SMILES string of the molecule is CC(C)(C)OC(=O)N1CCC(c2cccc(-c3cc(C(F)(F)F)cc(C(F)(F)F)c3)n2)CC1. The van der Waals surface area contributed by atoms with Crippen LogP contribution in [-0.2, 0) is 17.1 Å². The van der Waals surface area contributed by atoms with Crippen molar-refractivity contribution >= 4 is 6.09 Å². The molecule has 1 aliphatic heterocycles. The minimum absolute atomic E-state index is 0.0265. The van der Waals surface area contributed by atoms with Gasteiger partial charge < -0.3 is 9.64 Å². The van der Waals surface area contributed by atoms with Crippen LogP contribution in [0.5, 0.6) is 0 Å². The number of carbonyl (C=O) groups excluding carboxylic acids is 1. The van der Waals surface area contributed by atoms with Gasteiger partial charge >= 0.3 is 18.4 Å². The molecule has 1 fully saturated rings. The topological polar surface area (TPSA) is 42.4 Å². The van der Waals surface area contributed by atoms with E-state index in [4.69, 9.17) is 4.74 Å². The number of rotatable bonds is 2. The maximum Gasteiger partial charge on any atom is 0.416 e. The molecular weight excluding hydrogens is 450 g/mol. The summed E-state index contributed by atoms with van der Waals surface area (Å²) in [6, 6.07) is 6.08. The number of amides is 1. The van der Waals surface area contributed by atoms with Gasteiger partial charge in [0.05, 0.1) is 16.8 Å². The summed E-state index contributed by atoms with van der Waals surface area (Å²) in [4.78, 5) is 18.2. The first-order valence-corrected chi connectivity index (χ1v) is 10.4. The van der Waals surface area contributed by atoms with Crippen molar-refractivity contribution in [3.63, 3.8) is 0 Å². The number of benzene rings is 1. The zero-order chi connectivity index (χ0) is 24.6. The number of likely N-dealkylation sites (tertiary alicyclic amines) is 1. The highest BCUT2D eigenvalue weighted by atomic mass is 19.4. The minimum atomic E-state index is -4.93. The second kappa shape index (κ2) is 8.87. The maximum atomic E-state index is 13.2. The average molecular weight is 474 g/mol. The number of aromatic nitrogens is 1. The molecule has 0 radical (unpaired) electrons. The summed E-state index contributed by atoms with van der Waals surface area (Å²) in [5, 5.41) is 0. The molecule has 0 N–H and O–H groups in total. The molecule has 4 nitrogen and oxygen atoms in total. The van der Waals surface area contributed by atoms with Crippen LogP contribution < -0.4 is 0 Å². The molecule has 33 heavy (non-hydrogen) atoms. The Balaban J connectivity index is 1.83. The highest BCUT2D eigenvalue weighted by molar-refractivity contribution is 5.68. The zero-order valence-corrected chi connectivity index (χ0v) is 18.3. The lowest BCUT2D eigenvalue weighted by atomic mass is 9.92. The summed E-state index contributed by atoms with van der Waals surface area (Å²) in [5.41, 5.74) is -3.06. The Morgan fingerprint density at radius 2 is 1.48 bits per heavy atom. The number of alkyl halides is 6. The van der Waals surface area contributed by atoms with E-state index in [0.29, 0.717) is 43.8 Å². The van der Waals surface area contributed by atoms with E-state index in [1.165, 1.54) is 6.07 Å². The van der Waals surface area contributed by atoms with Gasteiger partial charge in [0.1, 0.15) is 5.60 Å². The third-order valence-electron chi connectivity index (χ3n) is 5.22. The lowest BCUT2D eigenvalue weighted by molar-refractivity contribution is -0.143. The van der Waals surface area contributed by atoms with Crippen LogP contribution in [0.4, 0.5) is 31.1 Å². The molecule has 1 aromatic heterocycles. The van der Waals surface area contributed by atoms with E-state index in [1.807, 2.05) is 0 Å². The van der Waals surface area contributed by atoms with Crippen molar-refractivity contribution in [2.75, 3.05) is 13.1 Å². The monoisotopic (exact) mass is 474 g/mol. The Kier molecular flexibility index (Phi) is 6.68. The number of hydrogen-bond acceptors (Lipinski definition) is 3. The van der Waals surface area contributed by atoms with Gasteiger partial charge in [-0.15, -0.1) is 0 Å². The van der Waals surface area contributed by atoms with Crippen molar-refractivity contribution in [1.29, 1.82) is 0 Å². The second-order valence-corrected chi connectivity index (χ2v) is 8.98. The van der Waals surface area contributed by atoms with E-state index in [2.05, 4.69) is 4.98 Å². The molecule has 0 aliphatic carbocycles. The Hall–Kier alpha value is -2.78. The van der Waals surface area contributed by atoms with Crippen LogP contribution in [0.2, 0.25) is 0 Å². The Morgan fingerprint density at radius 3 is 1.97 bits per heavy atom. The molecule has 0 spiro atoms. The summed E-state index contributed by atoms with van der Waals surface area (Å²) in [6.07, 6.45) is -9.19. The van der Waals surface area contributed by atoms with Crippen LogP contribution in [0.1, 0.15) is 56.4 Å². The predicted molar refractivity (Wildman–Crippen MR) is 109 cm³/mol. The molecule has 0 bridgehead atoms. The second-order valence-electron chi connectivity index (χ2n) is 8.98. The number of hydrogen-bond donors (Lipinski definition) is 0. The Morgan fingerprint density at radius 1 is 0.939 bits per heavy atom. The quantitative estimate of drug-likeness (QED) is 0.445. The number of pyridine rings is 1. The fourth-order valence-corrected chi connectivity index (χ4v) is 3.63. The molecule has 0 atom stereocenters. The summed E-state index contributed by atoms with van der Waals surface area (Å²) in [5.74, 6) is -0.0866. The van der Waals surface area contributed by atoms with Crippen LogP contribution in [0.25, 0.3) is 11.3 Å². The molecule has 3 rings (SSSR count). The standard InChI is InChI=1S/C23H24F6N2O2/c1-21(2,3)33-20(32)31-9-7-14(8-10-31)18-5-4-6-19(30-18)15-11-16(22(24,25)26)13-17(12-15)23(27,28)29/h4-6,11-14H,7-10H2,1-3H3. The van der Waals surface area contributed by atoms with Gasteiger partial charge in [0.25, 0.3) is 0 Å². The summed E-state index contributed by atoms with van der Waals surface area (Å²) in [7, 11) is 0. The first-order valence-electron chi connectivity index (χ1n) is 10.4. The van der Waals surface area contributed by atoms with Crippen molar-refractivity contribution in [1.82, 2.24) is 9.88 Å². The number of nitrogens with zero attached hydrogens (tertiary/aromatic N) is 2. The smallest absolute Gasteiger partial charge is 0.416 e. The summed E-state index contributed by atoms with van der Waals surface area (Å²) >= 11 is 0. The average Bonchev–Trinajstić information content (AvgIpc) is 2.71. The first kappa shape index (κ1) is 24.9.